The van der Waals surface area contributed by atoms with Gasteiger partial charge in [-0.2, -0.15) is 0 Å². The van der Waals surface area contributed by atoms with Gasteiger partial charge in [-0.05, 0) is 12.1 Å². The summed E-state index contributed by atoms with van der Waals surface area (Å²) in [6, 6.07) is 8.33. The molecule has 104 valence electrons. The van der Waals surface area contributed by atoms with E-state index in [9.17, 15) is 9.90 Å². The molecule has 0 unspecified atom stereocenters. The van der Waals surface area contributed by atoms with Crippen molar-refractivity contribution >= 4 is 29.1 Å². The fourth-order valence-electron chi connectivity index (χ4n) is 1.73. The van der Waals surface area contributed by atoms with Crippen molar-refractivity contribution in [1.82, 2.24) is 9.88 Å². The number of pyridine rings is 1. The lowest BCUT2D eigenvalue weighted by Gasteiger charge is -2.18. The van der Waals surface area contributed by atoms with Gasteiger partial charge in [0, 0.05) is 25.4 Å². The number of carbonyl (C=O) groups is 1. The zero-order valence-electron chi connectivity index (χ0n) is 10.7. The van der Waals surface area contributed by atoms with Crippen LogP contribution in [0.1, 0.15) is 15.9 Å². The minimum Gasteiger partial charge on any atom is -0.508 e. The van der Waals surface area contributed by atoms with Crippen LogP contribution in [0.15, 0.2) is 36.5 Å². The van der Waals surface area contributed by atoms with E-state index in [0.29, 0.717) is 11.1 Å². The predicted molar refractivity (Wildman–Crippen MR) is 78.2 cm³/mol. The van der Waals surface area contributed by atoms with Crippen molar-refractivity contribution in [3.05, 3.63) is 57.8 Å². The highest BCUT2D eigenvalue weighted by molar-refractivity contribution is 6.41. The summed E-state index contributed by atoms with van der Waals surface area (Å²) in [7, 11) is 1.64. The summed E-state index contributed by atoms with van der Waals surface area (Å²) >= 11 is 11.6. The van der Waals surface area contributed by atoms with Gasteiger partial charge in [0.1, 0.15) is 10.9 Å². The van der Waals surface area contributed by atoms with E-state index in [2.05, 4.69) is 4.98 Å². The molecule has 0 bridgehead atoms. The molecule has 0 aliphatic carbocycles. The molecule has 0 fully saturated rings. The van der Waals surface area contributed by atoms with Gasteiger partial charge in [0.05, 0.1) is 10.6 Å². The molecule has 4 nitrogen and oxygen atoms in total. The zero-order valence-corrected chi connectivity index (χ0v) is 12.2. The second-order valence-corrected chi connectivity index (χ2v) is 5.05. The molecule has 0 aliphatic heterocycles. The fourth-order valence-corrected chi connectivity index (χ4v) is 2.00. The first-order valence-electron chi connectivity index (χ1n) is 5.82. The van der Waals surface area contributed by atoms with Gasteiger partial charge in [-0.1, -0.05) is 41.4 Å². The van der Waals surface area contributed by atoms with Crippen LogP contribution in [0.2, 0.25) is 10.2 Å². The summed E-state index contributed by atoms with van der Waals surface area (Å²) in [4.78, 5) is 17.5. The highest BCUT2D eigenvalue weighted by atomic mass is 35.5. The van der Waals surface area contributed by atoms with Gasteiger partial charge in [0.2, 0.25) is 0 Å². The summed E-state index contributed by atoms with van der Waals surface area (Å²) in [5.41, 5.74) is 1.01. The Bertz CT molecular complexity index is 647. The van der Waals surface area contributed by atoms with Crippen LogP contribution >= 0.6 is 23.2 Å². The Labute approximate surface area is 126 Å². The molecule has 6 heteroatoms. The van der Waals surface area contributed by atoms with E-state index in [0.717, 1.165) is 0 Å². The number of phenolic OH excluding ortho intramolecular Hbond substituents is 1. The third kappa shape index (κ3) is 3.21. The van der Waals surface area contributed by atoms with Crippen LogP contribution in [0.25, 0.3) is 0 Å². The van der Waals surface area contributed by atoms with E-state index >= 15 is 0 Å². The first-order chi connectivity index (χ1) is 9.49. The number of rotatable bonds is 3. The summed E-state index contributed by atoms with van der Waals surface area (Å²) in [6.45, 7) is 0.283. The molecule has 0 saturated heterocycles. The largest absolute Gasteiger partial charge is 0.508 e. The van der Waals surface area contributed by atoms with E-state index in [4.69, 9.17) is 23.2 Å². The first kappa shape index (κ1) is 14.6. The number of aromatic nitrogens is 1. The lowest BCUT2D eigenvalue weighted by atomic mass is 10.2. The highest BCUT2D eigenvalue weighted by Gasteiger charge is 2.15. The van der Waals surface area contributed by atoms with Crippen molar-refractivity contribution < 1.29 is 9.90 Å². The molecule has 0 saturated carbocycles. The zero-order chi connectivity index (χ0) is 14.7. The molecule has 2 rings (SSSR count). The van der Waals surface area contributed by atoms with E-state index in [1.165, 1.54) is 17.2 Å². The molecule has 0 spiro atoms. The Hall–Kier alpha value is -1.78. The second-order valence-electron chi connectivity index (χ2n) is 4.29. The molecule has 0 aliphatic rings. The van der Waals surface area contributed by atoms with E-state index < -0.39 is 0 Å². The number of amides is 1. The minimum atomic E-state index is -0.251. The van der Waals surface area contributed by atoms with Crippen LogP contribution in [0, 0.1) is 0 Å². The summed E-state index contributed by atoms with van der Waals surface area (Å²) in [6.07, 6.45) is 1.37. The molecule has 2 aromatic rings. The smallest absolute Gasteiger partial charge is 0.255 e. The average Bonchev–Trinajstić information content (AvgIpc) is 2.43. The Morgan fingerprint density at radius 3 is 2.70 bits per heavy atom. The van der Waals surface area contributed by atoms with Gasteiger partial charge in [-0.25, -0.2) is 4.98 Å². The van der Waals surface area contributed by atoms with Crippen LogP contribution in [-0.2, 0) is 6.54 Å². The Morgan fingerprint density at radius 2 is 2.05 bits per heavy atom. The molecule has 1 heterocycles. The molecule has 1 N–H and O–H groups in total. The number of hydrogen-bond donors (Lipinski definition) is 1. The maximum Gasteiger partial charge on any atom is 0.255 e. The molecule has 0 atom stereocenters. The van der Waals surface area contributed by atoms with Gasteiger partial charge >= 0.3 is 0 Å². The lowest BCUT2D eigenvalue weighted by molar-refractivity contribution is 0.0784. The Morgan fingerprint density at radius 1 is 1.35 bits per heavy atom. The standard InChI is InChI=1S/C14H12Cl2N2O2/c1-18(8-9-4-2-3-5-12(9)19)14(20)10-6-11(15)13(16)17-7-10/h2-7,19H,8H2,1H3. The highest BCUT2D eigenvalue weighted by Crippen LogP contribution is 2.22. The van der Waals surface area contributed by atoms with Gasteiger partial charge in [0.15, 0.2) is 0 Å². The van der Waals surface area contributed by atoms with Gasteiger partial charge in [-0.3, -0.25) is 4.79 Å². The quantitative estimate of drug-likeness (QED) is 0.884. The van der Waals surface area contributed by atoms with Crippen molar-refractivity contribution in [2.75, 3.05) is 7.05 Å². The van der Waals surface area contributed by atoms with Crippen LogP contribution in [0.5, 0.6) is 5.75 Å². The first-order valence-corrected chi connectivity index (χ1v) is 6.58. The molecule has 20 heavy (non-hydrogen) atoms. The number of aromatic hydroxyl groups is 1. The summed E-state index contributed by atoms with van der Waals surface area (Å²) in [5.74, 6) is -0.0984. The topological polar surface area (TPSA) is 53.4 Å². The van der Waals surface area contributed by atoms with Crippen molar-refractivity contribution in [2.24, 2.45) is 0 Å². The monoisotopic (exact) mass is 310 g/mol. The molecule has 1 amide bonds. The molecule has 0 radical (unpaired) electrons. The van der Waals surface area contributed by atoms with Crippen LogP contribution in [0.3, 0.4) is 0 Å². The van der Waals surface area contributed by atoms with Crippen LogP contribution in [0.4, 0.5) is 0 Å². The average molecular weight is 311 g/mol. The minimum absolute atomic E-state index is 0.152. The van der Waals surface area contributed by atoms with Crippen molar-refractivity contribution in [3.63, 3.8) is 0 Å². The van der Waals surface area contributed by atoms with Gasteiger partial charge in [0.25, 0.3) is 5.91 Å². The number of nitrogens with zero attached hydrogens (tertiary/aromatic N) is 2. The maximum absolute atomic E-state index is 12.2. The molecular formula is C14H12Cl2N2O2. The van der Waals surface area contributed by atoms with Crippen molar-refractivity contribution in [2.45, 2.75) is 6.54 Å². The van der Waals surface area contributed by atoms with E-state index in [1.54, 1.807) is 31.3 Å². The number of carbonyl (C=O) groups excluding carboxylic acids is 1. The van der Waals surface area contributed by atoms with Gasteiger partial charge in [-0.15, -0.1) is 0 Å². The summed E-state index contributed by atoms with van der Waals surface area (Å²) < 4.78 is 0. The Kier molecular flexibility index (Phi) is 4.47. The third-order valence-electron chi connectivity index (χ3n) is 2.79. The van der Waals surface area contributed by atoms with Crippen LogP contribution in [-0.4, -0.2) is 27.9 Å². The fraction of sp³-hybridized carbons (Fsp3) is 0.143. The van der Waals surface area contributed by atoms with Crippen molar-refractivity contribution in [3.8, 4) is 5.75 Å². The number of benzene rings is 1. The van der Waals surface area contributed by atoms with E-state index in [-0.39, 0.29) is 28.4 Å². The molecular weight excluding hydrogens is 299 g/mol. The third-order valence-corrected chi connectivity index (χ3v) is 3.48. The number of hydrogen-bond acceptors (Lipinski definition) is 3. The second kappa shape index (κ2) is 6.11. The molecule has 1 aromatic carbocycles. The summed E-state index contributed by atoms with van der Waals surface area (Å²) in [5, 5.41) is 10.1. The number of phenols is 1. The SMILES string of the molecule is CN(Cc1ccccc1O)C(=O)c1cnc(Cl)c(Cl)c1. The molecule has 1 aromatic heterocycles. The van der Waals surface area contributed by atoms with Crippen LogP contribution < -0.4 is 0 Å². The normalized spacial score (nSPS) is 10.3. The van der Waals surface area contributed by atoms with E-state index in [1.807, 2.05) is 0 Å². The number of halogens is 2. The maximum atomic E-state index is 12.2. The lowest BCUT2D eigenvalue weighted by Crippen LogP contribution is -2.26. The Balaban J connectivity index is 2.16. The number of para-hydroxylation sites is 1. The predicted octanol–water partition coefficient (Wildman–Crippen LogP) is 3.37. The van der Waals surface area contributed by atoms with Gasteiger partial charge < -0.3 is 10.0 Å². The van der Waals surface area contributed by atoms with Crippen molar-refractivity contribution in [1.29, 1.82) is 0 Å².